The summed E-state index contributed by atoms with van der Waals surface area (Å²) >= 11 is 6.21. The van der Waals surface area contributed by atoms with Crippen molar-refractivity contribution in [3.05, 3.63) is 58.6 Å². The normalized spacial score (nSPS) is 14.3. The van der Waals surface area contributed by atoms with E-state index in [4.69, 9.17) is 21.1 Å². The minimum Gasteiger partial charge on any atom is -0.454 e. The Kier molecular flexibility index (Phi) is 3.81. The first-order valence-corrected chi connectivity index (χ1v) is 6.99. The van der Waals surface area contributed by atoms with E-state index in [-0.39, 0.29) is 6.04 Å². The first kappa shape index (κ1) is 13.3. The maximum atomic E-state index is 6.21. The topological polar surface area (TPSA) is 30.5 Å². The third kappa shape index (κ3) is 2.60. The molecule has 0 radical (unpaired) electrons. The molecule has 2 aromatic rings. The van der Waals surface area contributed by atoms with Gasteiger partial charge in [0.15, 0.2) is 11.5 Å². The highest BCUT2D eigenvalue weighted by Gasteiger charge is 2.17. The summed E-state index contributed by atoms with van der Waals surface area (Å²) < 4.78 is 10.9. The third-order valence-electron chi connectivity index (χ3n) is 3.45. The van der Waals surface area contributed by atoms with E-state index in [0.29, 0.717) is 13.3 Å². The smallest absolute Gasteiger partial charge is 0.231 e. The fourth-order valence-electron chi connectivity index (χ4n) is 2.33. The molecule has 0 bridgehead atoms. The molecule has 0 saturated heterocycles. The van der Waals surface area contributed by atoms with E-state index in [1.54, 1.807) is 0 Å². The van der Waals surface area contributed by atoms with Gasteiger partial charge in [-0.15, -0.1) is 0 Å². The number of fused-ring (bicyclic) bond motifs is 1. The SMILES string of the molecule is C[C@H](NCc1cccc2c1OCO2)c1ccccc1Cl. The zero-order chi connectivity index (χ0) is 13.9. The molecule has 1 heterocycles. The average Bonchev–Trinajstić information content (AvgIpc) is 2.94. The summed E-state index contributed by atoms with van der Waals surface area (Å²) in [6.07, 6.45) is 0. The number of nitrogens with one attached hydrogen (secondary N) is 1. The molecule has 104 valence electrons. The van der Waals surface area contributed by atoms with Crippen LogP contribution >= 0.6 is 11.6 Å². The molecule has 0 fully saturated rings. The molecule has 1 aliphatic heterocycles. The van der Waals surface area contributed by atoms with Crippen molar-refractivity contribution in [1.82, 2.24) is 5.32 Å². The molecule has 1 N–H and O–H groups in total. The second-order valence-electron chi connectivity index (χ2n) is 4.78. The van der Waals surface area contributed by atoms with E-state index in [2.05, 4.69) is 12.2 Å². The molecular formula is C16H16ClNO2. The highest BCUT2D eigenvalue weighted by Crippen LogP contribution is 2.35. The molecule has 0 unspecified atom stereocenters. The summed E-state index contributed by atoms with van der Waals surface area (Å²) in [5.41, 5.74) is 2.19. The molecule has 3 rings (SSSR count). The standard InChI is InChI=1S/C16H16ClNO2/c1-11(13-6-2-3-7-14(13)17)18-9-12-5-4-8-15-16(12)20-10-19-15/h2-8,11,18H,9-10H2,1H3/t11-/m0/s1. The van der Waals surface area contributed by atoms with Gasteiger partial charge in [0, 0.05) is 23.2 Å². The monoisotopic (exact) mass is 289 g/mol. The Bertz CT molecular complexity index is 615. The maximum absolute atomic E-state index is 6.21. The van der Waals surface area contributed by atoms with Gasteiger partial charge >= 0.3 is 0 Å². The van der Waals surface area contributed by atoms with Crippen LogP contribution in [0.5, 0.6) is 11.5 Å². The molecule has 0 spiro atoms. The molecule has 0 saturated carbocycles. The van der Waals surface area contributed by atoms with Crippen LogP contribution in [0.15, 0.2) is 42.5 Å². The predicted octanol–water partition coefficient (Wildman–Crippen LogP) is 3.92. The summed E-state index contributed by atoms with van der Waals surface area (Å²) in [6.45, 7) is 3.10. The van der Waals surface area contributed by atoms with Crippen molar-refractivity contribution < 1.29 is 9.47 Å². The quantitative estimate of drug-likeness (QED) is 0.925. The Morgan fingerprint density at radius 1 is 1.15 bits per heavy atom. The van der Waals surface area contributed by atoms with Crippen molar-refractivity contribution in [3.8, 4) is 11.5 Å². The molecule has 1 atom stereocenters. The van der Waals surface area contributed by atoms with Gasteiger partial charge in [0.2, 0.25) is 6.79 Å². The molecular weight excluding hydrogens is 274 g/mol. The van der Waals surface area contributed by atoms with E-state index in [9.17, 15) is 0 Å². The Labute approximate surface area is 123 Å². The first-order chi connectivity index (χ1) is 9.75. The van der Waals surface area contributed by atoms with Gasteiger partial charge in [-0.25, -0.2) is 0 Å². The van der Waals surface area contributed by atoms with Gasteiger partial charge in [-0.1, -0.05) is 41.9 Å². The summed E-state index contributed by atoms with van der Waals surface area (Å²) in [7, 11) is 0. The molecule has 0 amide bonds. The minimum atomic E-state index is 0.168. The van der Waals surface area contributed by atoms with Gasteiger partial charge in [-0.05, 0) is 24.6 Å². The van der Waals surface area contributed by atoms with Crippen LogP contribution in [0, 0.1) is 0 Å². The molecule has 1 aliphatic rings. The van der Waals surface area contributed by atoms with Crippen molar-refractivity contribution in [3.63, 3.8) is 0 Å². The first-order valence-electron chi connectivity index (χ1n) is 6.61. The van der Waals surface area contributed by atoms with Crippen LogP contribution in [0.3, 0.4) is 0 Å². The number of rotatable bonds is 4. The Morgan fingerprint density at radius 2 is 2.00 bits per heavy atom. The predicted molar refractivity (Wildman–Crippen MR) is 79.3 cm³/mol. The fourth-order valence-corrected chi connectivity index (χ4v) is 2.63. The lowest BCUT2D eigenvalue weighted by molar-refractivity contribution is 0.173. The molecule has 2 aromatic carbocycles. The Morgan fingerprint density at radius 3 is 2.85 bits per heavy atom. The lowest BCUT2D eigenvalue weighted by Crippen LogP contribution is -2.18. The van der Waals surface area contributed by atoms with Crippen molar-refractivity contribution in [2.45, 2.75) is 19.5 Å². The van der Waals surface area contributed by atoms with Gasteiger partial charge < -0.3 is 14.8 Å². The minimum absolute atomic E-state index is 0.168. The van der Waals surface area contributed by atoms with Crippen LogP contribution in [0.2, 0.25) is 5.02 Å². The summed E-state index contributed by atoms with van der Waals surface area (Å²) in [5.74, 6) is 1.65. The van der Waals surface area contributed by atoms with Gasteiger partial charge in [0.25, 0.3) is 0 Å². The van der Waals surface area contributed by atoms with E-state index in [1.807, 2.05) is 42.5 Å². The maximum Gasteiger partial charge on any atom is 0.231 e. The highest BCUT2D eigenvalue weighted by molar-refractivity contribution is 6.31. The third-order valence-corrected chi connectivity index (χ3v) is 3.79. The largest absolute Gasteiger partial charge is 0.454 e. The van der Waals surface area contributed by atoms with Crippen LogP contribution in [0.25, 0.3) is 0 Å². The number of para-hydroxylation sites is 1. The van der Waals surface area contributed by atoms with Gasteiger partial charge in [-0.2, -0.15) is 0 Å². The lowest BCUT2D eigenvalue weighted by atomic mass is 10.1. The van der Waals surface area contributed by atoms with Gasteiger partial charge in [-0.3, -0.25) is 0 Å². The van der Waals surface area contributed by atoms with E-state index in [1.165, 1.54) is 0 Å². The number of benzene rings is 2. The zero-order valence-electron chi connectivity index (χ0n) is 11.2. The van der Waals surface area contributed by atoms with Crippen molar-refractivity contribution >= 4 is 11.6 Å². The van der Waals surface area contributed by atoms with Crippen molar-refractivity contribution in [1.29, 1.82) is 0 Å². The number of hydrogen-bond acceptors (Lipinski definition) is 3. The molecule has 0 aliphatic carbocycles. The highest BCUT2D eigenvalue weighted by atomic mass is 35.5. The summed E-state index contributed by atoms with van der Waals surface area (Å²) in [5, 5.41) is 4.25. The number of ether oxygens (including phenoxy) is 2. The number of halogens is 1. The molecule has 4 heteroatoms. The summed E-state index contributed by atoms with van der Waals surface area (Å²) in [4.78, 5) is 0. The number of hydrogen-bond donors (Lipinski definition) is 1. The van der Waals surface area contributed by atoms with E-state index >= 15 is 0 Å². The van der Waals surface area contributed by atoms with Crippen molar-refractivity contribution in [2.75, 3.05) is 6.79 Å². The van der Waals surface area contributed by atoms with Crippen LogP contribution in [-0.4, -0.2) is 6.79 Å². The second-order valence-corrected chi connectivity index (χ2v) is 5.18. The van der Waals surface area contributed by atoms with Crippen LogP contribution in [0.1, 0.15) is 24.1 Å². The Hall–Kier alpha value is -1.71. The van der Waals surface area contributed by atoms with Crippen molar-refractivity contribution in [2.24, 2.45) is 0 Å². The van der Waals surface area contributed by atoms with Crippen LogP contribution < -0.4 is 14.8 Å². The summed E-state index contributed by atoms with van der Waals surface area (Å²) in [6, 6.07) is 14.0. The molecule has 0 aromatic heterocycles. The zero-order valence-corrected chi connectivity index (χ0v) is 12.0. The van der Waals surface area contributed by atoms with E-state index < -0.39 is 0 Å². The van der Waals surface area contributed by atoms with Gasteiger partial charge in [0.1, 0.15) is 0 Å². The van der Waals surface area contributed by atoms with Gasteiger partial charge in [0.05, 0.1) is 0 Å². The molecule has 20 heavy (non-hydrogen) atoms. The van der Waals surface area contributed by atoms with Crippen LogP contribution in [-0.2, 0) is 6.54 Å². The second kappa shape index (κ2) is 5.73. The fraction of sp³-hybridized carbons (Fsp3) is 0.250. The lowest BCUT2D eigenvalue weighted by Gasteiger charge is -2.16. The molecule has 3 nitrogen and oxygen atoms in total. The Balaban J connectivity index is 1.71. The van der Waals surface area contributed by atoms with Crippen LogP contribution in [0.4, 0.5) is 0 Å². The average molecular weight is 290 g/mol. The van der Waals surface area contributed by atoms with E-state index in [0.717, 1.165) is 27.6 Å².